The van der Waals surface area contributed by atoms with E-state index in [2.05, 4.69) is 0 Å². The molecule has 2 N–H and O–H groups in total. The van der Waals surface area contributed by atoms with Gasteiger partial charge in [0, 0.05) is 16.1 Å². The Morgan fingerprint density at radius 2 is 1.86 bits per heavy atom. The van der Waals surface area contributed by atoms with Crippen molar-refractivity contribution in [2.45, 2.75) is 0 Å². The Morgan fingerprint density at radius 3 is 2.52 bits per heavy atom. The first-order valence-electron chi connectivity index (χ1n) is 6.22. The molecule has 0 bridgehead atoms. The van der Waals surface area contributed by atoms with Crippen molar-refractivity contribution in [3.05, 3.63) is 69.5 Å². The standard InChI is InChI=1S/C16H10ClN3O/c17-10-6-7-12-14(8-10)20(11-4-2-1-3-5-11)16(21)13(9-18)15(12)19/h1-8H,19H2. The van der Waals surface area contributed by atoms with Crippen LogP contribution in [0, 0.1) is 11.3 Å². The topological polar surface area (TPSA) is 71.8 Å². The average molecular weight is 296 g/mol. The fraction of sp³-hybridized carbons (Fsp3) is 0. The lowest BCUT2D eigenvalue weighted by atomic mass is 10.1. The lowest BCUT2D eigenvalue weighted by molar-refractivity contribution is 1.04. The Hall–Kier alpha value is -2.77. The molecule has 0 aliphatic rings. The van der Waals surface area contributed by atoms with Gasteiger partial charge in [-0.15, -0.1) is 0 Å². The molecule has 5 heteroatoms. The number of rotatable bonds is 1. The summed E-state index contributed by atoms with van der Waals surface area (Å²) in [6.07, 6.45) is 0. The monoisotopic (exact) mass is 295 g/mol. The zero-order valence-electron chi connectivity index (χ0n) is 10.9. The fourth-order valence-corrected chi connectivity index (χ4v) is 2.50. The number of benzene rings is 2. The van der Waals surface area contributed by atoms with Gasteiger partial charge in [0.05, 0.1) is 11.2 Å². The number of fused-ring (bicyclic) bond motifs is 1. The summed E-state index contributed by atoms with van der Waals surface area (Å²) in [6.45, 7) is 0. The van der Waals surface area contributed by atoms with Gasteiger partial charge in [0.15, 0.2) is 0 Å². The van der Waals surface area contributed by atoms with Gasteiger partial charge >= 0.3 is 0 Å². The van der Waals surface area contributed by atoms with Gasteiger partial charge < -0.3 is 5.73 Å². The minimum absolute atomic E-state index is 0.0614. The Morgan fingerprint density at radius 1 is 1.14 bits per heavy atom. The van der Waals surface area contributed by atoms with Crippen molar-refractivity contribution in [2.75, 3.05) is 5.73 Å². The van der Waals surface area contributed by atoms with E-state index in [1.807, 2.05) is 24.3 Å². The van der Waals surface area contributed by atoms with Crippen LogP contribution >= 0.6 is 11.6 Å². The number of aromatic nitrogens is 1. The number of nitriles is 1. The van der Waals surface area contributed by atoms with Crippen LogP contribution in [0.4, 0.5) is 5.69 Å². The van der Waals surface area contributed by atoms with Crippen molar-refractivity contribution in [1.29, 1.82) is 5.26 Å². The zero-order chi connectivity index (χ0) is 15.0. The molecule has 3 rings (SSSR count). The molecular weight excluding hydrogens is 286 g/mol. The number of nitrogens with zero attached hydrogens (tertiary/aromatic N) is 2. The molecule has 0 spiro atoms. The highest BCUT2D eigenvalue weighted by atomic mass is 35.5. The van der Waals surface area contributed by atoms with E-state index in [0.29, 0.717) is 21.6 Å². The van der Waals surface area contributed by atoms with E-state index in [-0.39, 0.29) is 11.3 Å². The van der Waals surface area contributed by atoms with E-state index in [1.54, 1.807) is 30.3 Å². The average Bonchev–Trinajstić information content (AvgIpc) is 2.48. The van der Waals surface area contributed by atoms with E-state index in [9.17, 15) is 10.1 Å². The summed E-state index contributed by atoms with van der Waals surface area (Å²) in [5.41, 5.74) is 6.86. The second-order valence-electron chi connectivity index (χ2n) is 4.54. The van der Waals surface area contributed by atoms with Gasteiger partial charge in [-0.05, 0) is 30.3 Å². The quantitative estimate of drug-likeness (QED) is 0.750. The molecule has 0 saturated heterocycles. The molecule has 1 heterocycles. The molecule has 0 amide bonds. The third-order valence-corrected chi connectivity index (χ3v) is 3.54. The second kappa shape index (κ2) is 4.97. The Labute approximate surface area is 125 Å². The van der Waals surface area contributed by atoms with Gasteiger partial charge in [-0.3, -0.25) is 9.36 Å². The van der Waals surface area contributed by atoms with Gasteiger partial charge in [0.1, 0.15) is 11.6 Å². The highest BCUT2D eigenvalue weighted by Gasteiger charge is 2.15. The summed E-state index contributed by atoms with van der Waals surface area (Å²) >= 11 is 6.04. The Bertz CT molecular complexity index is 940. The van der Waals surface area contributed by atoms with E-state index in [1.165, 1.54) is 4.57 Å². The molecule has 102 valence electrons. The summed E-state index contributed by atoms with van der Waals surface area (Å²) in [5, 5.41) is 10.3. The highest BCUT2D eigenvalue weighted by Crippen LogP contribution is 2.26. The molecule has 0 atom stereocenters. The number of para-hydroxylation sites is 1. The maximum Gasteiger partial charge on any atom is 0.275 e. The first kappa shape index (κ1) is 13.2. The van der Waals surface area contributed by atoms with E-state index < -0.39 is 5.56 Å². The summed E-state index contributed by atoms with van der Waals surface area (Å²) in [5.74, 6) is 0. The number of anilines is 1. The summed E-state index contributed by atoms with van der Waals surface area (Å²) in [6, 6.07) is 16.0. The molecule has 21 heavy (non-hydrogen) atoms. The van der Waals surface area contributed by atoms with Gasteiger partial charge in [-0.2, -0.15) is 5.26 Å². The molecule has 0 unspecified atom stereocenters. The largest absolute Gasteiger partial charge is 0.397 e. The van der Waals surface area contributed by atoms with Crippen molar-refractivity contribution >= 4 is 28.2 Å². The van der Waals surface area contributed by atoms with Gasteiger partial charge in [-0.25, -0.2) is 0 Å². The van der Waals surface area contributed by atoms with Crippen molar-refractivity contribution in [3.8, 4) is 11.8 Å². The first-order chi connectivity index (χ1) is 10.1. The number of hydrogen-bond donors (Lipinski definition) is 1. The van der Waals surface area contributed by atoms with Crippen LogP contribution in [-0.2, 0) is 0 Å². The van der Waals surface area contributed by atoms with Crippen LogP contribution in [0.15, 0.2) is 53.3 Å². The van der Waals surface area contributed by atoms with Crippen LogP contribution in [0.3, 0.4) is 0 Å². The zero-order valence-corrected chi connectivity index (χ0v) is 11.6. The van der Waals surface area contributed by atoms with Crippen LogP contribution < -0.4 is 11.3 Å². The number of hydrogen-bond acceptors (Lipinski definition) is 3. The third-order valence-electron chi connectivity index (χ3n) is 3.30. The van der Waals surface area contributed by atoms with Crippen LogP contribution in [0.5, 0.6) is 0 Å². The summed E-state index contributed by atoms with van der Waals surface area (Å²) in [7, 11) is 0. The summed E-state index contributed by atoms with van der Waals surface area (Å²) in [4.78, 5) is 12.6. The number of nitrogen functional groups attached to an aromatic ring is 1. The third kappa shape index (κ3) is 2.04. The maximum atomic E-state index is 12.6. The van der Waals surface area contributed by atoms with Crippen LogP contribution in [-0.4, -0.2) is 4.57 Å². The van der Waals surface area contributed by atoms with Crippen molar-refractivity contribution < 1.29 is 0 Å². The maximum absolute atomic E-state index is 12.6. The van der Waals surface area contributed by atoms with Gasteiger partial charge in [-0.1, -0.05) is 29.8 Å². The van der Waals surface area contributed by atoms with E-state index in [0.717, 1.165) is 0 Å². The highest BCUT2D eigenvalue weighted by molar-refractivity contribution is 6.31. The van der Waals surface area contributed by atoms with E-state index >= 15 is 0 Å². The molecule has 0 radical (unpaired) electrons. The van der Waals surface area contributed by atoms with E-state index in [4.69, 9.17) is 17.3 Å². The van der Waals surface area contributed by atoms with Crippen LogP contribution in [0.1, 0.15) is 5.56 Å². The predicted octanol–water partition coefficient (Wildman–Crippen LogP) is 3.10. The van der Waals surface area contributed by atoms with Crippen molar-refractivity contribution in [3.63, 3.8) is 0 Å². The second-order valence-corrected chi connectivity index (χ2v) is 4.97. The molecule has 0 saturated carbocycles. The number of halogens is 1. The Balaban J connectivity index is 2.57. The van der Waals surface area contributed by atoms with Crippen molar-refractivity contribution in [1.82, 2.24) is 4.57 Å². The normalized spacial score (nSPS) is 10.5. The number of pyridine rings is 1. The minimum atomic E-state index is -0.448. The molecule has 1 aromatic heterocycles. The van der Waals surface area contributed by atoms with Gasteiger partial charge in [0.2, 0.25) is 0 Å². The van der Waals surface area contributed by atoms with Crippen LogP contribution in [0.2, 0.25) is 5.02 Å². The van der Waals surface area contributed by atoms with Crippen molar-refractivity contribution in [2.24, 2.45) is 0 Å². The molecule has 2 aromatic carbocycles. The minimum Gasteiger partial charge on any atom is -0.397 e. The SMILES string of the molecule is N#Cc1c(N)c2ccc(Cl)cc2n(-c2ccccc2)c1=O. The van der Waals surface area contributed by atoms with Gasteiger partial charge in [0.25, 0.3) is 5.56 Å². The molecule has 4 nitrogen and oxygen atoms in total. The summed E-state index contributed by atoms with van der Waals surface area (Å²) < 4.78 is 1.45. The lowest BCUT2D eigenvalue weighted by Gasteiger charge is -2.13. The fourth-order valence-electron chi connectivity index (χ4n) is 2.33. The number of nitrogens with two attached hydrogens (primary N) is 1. The van der Waals surface area contributed by atoms with Crippen LogP contribution in [0.25, 0.3) is 16.6 Å². The molecule has 3 aromatic rings. The lowest BCUT2D eigenvalue weighted by Crippen LogP contribution is -2.23. The predicted molar refractivity (Wildman–Crippen MR) is 83.7 cm³/mol. The smallest absolute Gasteiger partial charge is 0.275 e. The Kier molecular flexibility index (Phi) is 3.13. The molecule has 0 aliphatic heterocycles. The molecule has 0 fully saturated rings. The molecule has 0 aliphatic carbocycles. The first-order valence-corrected chi connectivity index (χ1v) is 6.60. The molecular formula is C16H10ClN3O.